The van der Waals surface area contributed by atoms with Crippen LogP contribution in [-0.4, -0.2) is 34.6 Å². The molecule has 0 aromatic heterocycles. The van der Waals surface area contributed by atoms with Crippen molar-refractivity contribution in [3.05, 3.63) is 29.8 Å². The molecule has 0 unspecified atom stereocenters. The summed E-state index contributed by atoms with van der Waals surface area (Å²) in [5.41, 5.74) is 0.612. The fourth-order valence-electron chi connectivity index (χ4n) is 1.36. The first-order chi connectivity index (χ1) is 8.96. The van der Waals surface area contributed by atoms with Crippen molar-refractivity contribution in [3.8, 4) is 5.75 Å². The SMILES string of the molecule is CCOc1ccc(CS(=O)(=O)NCC(=O)OC)cc1. The van der Waals surface area contributed by atoms with E-state index in [0.717, 1.165) is 0 Å². The first-order valence-corrected chi connectivity index (χ1v) is 7.38. The Morgan fingerprint density at radius 1 is 1.26 bits per heavy atom. The summed E-state index contributed by atoms with van der Waals surface area (Å²) < 4.78 is 35.1. The molecule has 0 bridgehead atoms. The van der Waals surface area contributed by atoms with Gasteiger partial charge in [-0.25, -0.2) is 13.1 Å². The molecule has 6 nitrogen and oxygen atoms in total. The average Bonchev–Trinajstić information content (AvgIpc) is 2.38. The smallest absolute Gasteiger partial charge is 0.320 e. The number of carbonyl (C=O) groups excluding carboxylic acids is 1. The lowest BCUT2D eigenvalue weighted by Crippen LogP contribution is -2.31. The van der Waals surface area contributed by atoms with Crippen LogP contribution in [0.1, 0.15) is 12.5 Å². The number of ether oxygens (including phenoxy) is 2. The molecule has 0 saturated heterocycles. The Morgan fingerprint density at radius 2 is 1.89 bits per heavy atom. The molecule has 106 valence electrons. The molecule has 1 aromatic rings. The van der Waals surface area contributed by atoms with Crippen molar-refractivity contribution in [2.24, 2.45) is 0 Å². The third-order valence-electron chi connectivity index (χ3n) is 2.26. The third kappa shape index (κ3) is 5.71. The zero-order chi connectivity index (χ0) is 14.3. The number of sulfonamides is 1. The average molecular weight is 287 g/mol. The molecule has 1 aromatic carbocycles. The minimum atomic E-state index is -3.56. The predicted octanol–water partition coefficient (Wildman–Crippen LogP) is 0.678. The van der Waals surface area contributed by atoms with E-state index in [2.05, 4.69) is 9.46 Å². The summed E-state index contributed by atoms with van der Waals surface area (Å²) in [6.45, 7) is 2.06. The Balaban J connectivity index is 2.59. The van der Waals surface area contributed by atoms with Gasteiger partial charge in [0.05, 0.1) is 19.5 Å². The van der Waals surface area contributed by atoms with Gasteiger partial charge in [0.1, 0.15) is 12.3 Å². The molecular weight excluding hydrogens is 270 g/mol. The number of esters is 1. The zero-order valence-electron chi connectivity index (χ0n) is 10.9. The Morgan fingerprint density at radius 3 is 2.42 bits per heavy atom. The number of benzene rings is 1. The van der Waals surface area contributed by atoms with Crippen LogP contribution < -0.4 is 9.46 Å². The molecule has 0 heterocycles. The van der Waals surface area contributed by atoms with Gasteiger partial charge in [0.2, 0.25) is 10.0 Å². The molecule has 0 atom stereocenters. The number of hydrogen-bond donors (Lipinski definition) is 1. The molecule has 0 saturated carbocycles. The lowest BCUT2D eigenvalue weighted by Gasteiger charge is -2.07. The Hall–Kier alpha value is -1.60. The van der Waals surface area contributed by atoms with E-state index in [9.17, 15) is 13.2 Å². The number of rotatable bonds is 7. The predicted molar refractivity (Wildman–Crippen MR) is 70.3 cm³/mol. The summed E-state index contributed by atoms with van der Waals surface area (Å²) in [5.74, 6) is -0.141. The van der Waals surface area contributed by atoms with Gasteiger partial charge in [-0.2, -0.15) is 0 Å². The van der Waals surface area contributed by atoms with E-state index in [0.29, 0.717) is 17.9 Å². The van der Waals surface area contributed by atoms with Gasteiger partial charge in [0.25, 0.3) is 0 Å². The third-order valence-corrected chi connectivity index (χ3v) is 3.55. The molecule has 0 aliphatic heterocycles. The summed E-state index contributed by atoms with van der Waals surface area (Å²) in [6, 6.07) is 6.74. The van der Waals surface area contributed by atoms with Crippen LogP contribution in [0.25, 0.3) is 0 Å². The first-order valence-electron chi connectivity index (χ1n) is 5.72. The van der Waals surface area contributed by atoms with Crippen LogP contribution in [0.3, 0.4) is 0 Å². The Bertz CT molecular complexity index is 509. The maximum absolute atomic E-state index is 11.7. The van der Waals surface area contributed by atoms with Gasteiger partial charge in [-0.3, -0.25) is 4.79 Å². The van der Waals surface area contributed by atoms with Gasteiger partial charge >= 0.3 is 5.97 Å². The van der Waals surface area contributed by atoms with Crippen LogP contribution in [0.5, 0.6) is 5.75 Å². The molecule has 19 heavy (non-hydrogen) atoms. The normalized spacial score (nSPS) is 11.1. The van der Waals surface area contributed by atoms with Gasteiger partial charge in [0.15, 0.2) is 0 Å². The Kier molecular flexibility index (Phi) is 5.78. The van der Waals surface area contributed by atoms with E-state index in [1.165, 1.54) is 7.11 Å². The van der Waals surface area contributed by atoms with Crippen LogP contribution >= 0.6 is 0 Å². The van der Waals surface area contributed by atoms with Gasteiger partial charge in [-0.05, 0) is 24.6 Å². The minimum absolute atomic E-state index is 0.198. The highest BCUT2D eigenvalue weighted by Crippen LogP contribution is 2.13. The van der Waals surface area contributed by atoms with Gasteiger partial charge < -0.3 is 9.47 Å². The number of hydrogen-bond acceptors (Lipinski definition) is 5. The topological polar surface area (TPSA) is 81.7 Å². The second-order valence-electron chi connectivity index (χ2n) is 3.73. The van der Waals surface area contributed by atoms with Crippen molar-refractivity contribution < 1.29 is 22.7 Å². The molecule has 0 amide bonds. The van der Waals surface area contributed by atoms with E-state index in [4.69, 9.17) is 4.74 Å². The standard InChI is InChI=1S/C12H17NO5S/c1-3-18-11-6-4-10(5-7-11)9-19(15,16)13-8-12(14)17-2/h4-7,13H,3,8-9H2,1-2H3. The van der Waals surface area contributed by atoms with Crippen LogP contribution in [0.2, 0.25) is 0 Å². The van der Waals surface area contributed by atoms with E-state index in [1.54, 1.807) is 24.3 Å². The monoisotopic (exact) mass is 287 g/mol. The van der Waals surface area contributed by atoms with E-state index in [1.807, 2.05) is 6.92 Å². The number of carbonyl (C=O) groups is 1. The molecule has 0 aliphatic rings. The zero-order valence-corrected chi connectivity index (χ0v) is 11.7. The molecule has 0 fully saturated rings. The van der Waals surface area contributed by atoms with Crippen LogP contribution in [-0.2, 0) is 25.3 Å². The van der Waals surface area contributed by atoms with Crippen molar-refractivity contribution in [2.45, 2.75) is 12.7 Å². The van der Waals surface area contributed by atoms with Gasteiger partial charge in [0, 0.05) is 0 Å². The highest BCUT2D eigenvalue weighted by Gasteiger charge is 2.13. The summed E-state index contributed by atoms with van der Waals surface area (Å²) >= 11 is 0. The fourth-order valence-corrected chi connectivity index (χ4v) is 2.43. The molecule has 0 radical (unpaired) electrons. The number of nitrogens with one attached hydrogen (secondary N) is 1. The first kappa shape index (κ1) is 15.5. The van der Waals surface area contributed by atoms with E-state index < -0.39 is 16.0 Å². The van der Waals surface area contributed by atoms with Crippen LogP contribution in [0.4, 0.5) is 0 Å². The maximum atomic E-state index is 11.7. The molecule has 1 rings (SSSR count). The lowest BCUT2D eigenvalue weighted by atomic mass is 10.2. The largest absolute Gasteiger partial charge is 0.494 e. The molecule has 7 heteroatoms. The highest BCUT2D eigenvalue weighted by atomic mass is 32.2. The van der Waals surface area contributed by atoms with Crippen molar-refractivity contribution in [2.75, 3.05) is 20.3 Å². The molecule has 0 spiro atoms. The molecule has 0 aliphatic carbocycles. The van der Waals surface area contributed by atoms with Crippen LogP contribution in [0, 0.1) is 0 Å². The van der Waals surface area contributed by atoms with Gasteiger partial charge in [-0.1, -0.05) is 12.1 Å². The van der Waals surface area contributed by atoms with E-state index >= 15 is 0 Å². The van der Waals surface area contributed by atoms with Crippen molar-refractivity contribution in [1.29, 1.82) is 0 Å². The maximum Gasteiger partial charge on any atom is 0.320 e. The molecular formula is C12H17NO5S. The molecule has 1 N–H and O–H groups in total. The number of methoxy groups -OCH3 is 1. The van der Waals surface area contributed by atoms with E-state index in [-0.39, 0.29) is 12.3 Å². The summed E-state index contributed by atoms with van der Waals surface area (Å²) in [5, 5.41) is 0. The van der Waals surface area contributed by atoms with Gasteiger partial charge in [-0.15, -0.1) is 0 Å². The van der Waals surface area contributed by atoms with Crippen molar-refractivity contribution >= 4 is 16.0 Å². The summed E-state index contributed by atoms with van der Waals surface area (Å²) in [7, 11) is -2.36. The quantitative estimate of drug-likeness (QED) is 0.746. The second-order valence-corrected chi connectivity index (χ2v) is 5.54. The van der Waals surface area contributed by atoms with Crippen molar-refractivity contribution in [3.63, 3.8) is 0 Å². The summed E-state index contributed by atoms with van der Waals surface area (Å²) in [6.07, 6.45) is 0. The second kappa shape index (κ2) is 7.10. The lowest BCUT2D eigenvalue weighted by molar-refractivity contribution is -0.139. The Labute approximate surface area is 112 Å². The highest BCUT2D eigenvalue weighted by molar-refractivity contribution is 7.88. The summed E-state index contributed by atoms with van der Waals surface area (Å²) in [4.78, 5) is 10.9. The minimum Gasteiger partial charge on any atom is -0.494 e. The van der Waals surface area contributed by atoms with Crippen LogP contribution in [0.15, 0.2) is 24.3 Å². The fraction of sp³-hybridized carbons (Fsp3) is 0.417. The van der Waals surface area contributed by atoms with Crippen molar-refractivity contribution in [1.82, 2.24) is 4.72 Å².